The number of nitrogens with one attached hydrogen (secondary N) is 2. The van der Waals surface area contributed by atoms with Crippen LogP contribution in [0.2, 0.25) is 5.02 Å². The lowest BCUT2D eigenvalue weighted by atomic mass is 10.1. The second-order valence-electron chi connectivity index (χ2n) is 6.93. The molecular weight excluding hydrogens is 378 g/mol. The average molecular weight is 403 g/mol. The van der Waals surface area contributed by atoms with Crippen LogP contribution in [0.1, 0.15) is 15.9 Å². The molecule has 148 valence electrons. The zero-order chi connectivity index (χ0) is 20.1. The van der Waals surface area contributed by atoms with Gasteiger partial charge < -0.3 is 19.9 Å². The van der Waals surface area contributed by atoms with Crippen molar-refractivity contribution in [2.24, 2.45) is 0 Å². The highest BCUT2D eigenvalue weighted by Gasteiger charge is 2.26. The van der Waals surface area contributed by atoms with Gasteiger partial charge in [0.2, 0.25) is 0 Å². The second kappa shape index (κ2) is 9.08. The summed E-state index contributed by atoms with van der Waals surface area (Å²) in [6, 6.07) is 12.7. The Morgan fingerprint density at radius 3 is 2.57 bits per heavy atom. The summed E-state index contributed by atoms with van der Waals surface area (Å²) in [4.78, 5) is 28.0. The molecule has 1 heterocycles. The van der Waals surface area contributed by atoms with Gasteiger partial charge in [-0.1, -0.05) is 29.8 Å². The second-order valence-corrected chi connectivity index (χ2v) is 7.34. The highest BCUT2D eigenvalue weighted by Crippen LogP contribution is 2.21. The van der Waals surface area contributed by atoms with Gasteiger partial charge in [-0.15, -0.1) is 0 Å². The van der Waals surface area contributed by atoms with Gasteiger partial charge in [0.1, 0.15) is 5.75 Å². The van der Waals surface area contributed by atoms with E-state index in [-0.39, 0.29) is 11.8 Å². The summed E-state index contributed by atoms with van der Waals surface area (Å²) in [5.74, 6) is 0.635. The van der Waals surface area contributed by atoms with Gasteiger partial charge in [-0.3, -0.25) is 9.59 Å². The maximum absolute atomic E-state index is 12.8. The number of benzene rings is 2. The number of para-hydroxylation sites is 1. The Hall–Kier alpha value is -2.57. The topological polar surface area (TPSA) is 63.1 Å². The zero-order valence-electron chi connectivity index (χ0n) is 16.1. The first-order valence-electron chi connectivity index (χ1n) is 9.30. The number of ether oxygens (including phenoxy) is 1. The van der Waals surface area contributed by atoms with Crippen molar-refractivity contribution < 1.29 is 19.2 Å². The lowest BCUT2D eigenvalue weighted by Crippen LogP contribution is -3.15. The Labute approximate surface area is 170 Å². The van der Waals surface area contributed by atoms with Gasteiger partial charge >= 0.3 is 0 Å². The molecule has 0 atom stereocenters. The van der Waals surface area contributed by atoms with E-state index < -0.39 is 0 Å². The average Bonchev–Trinajstić information content (AvgIpc) is 2.70. The number of nitrogens with zero attached hydrogens (tertiary/aromatic N) is 1. The lowest BCUT2D eigenvalue weighted by Gasteiger charge is -2.32. The quantitative estimate of drug-likeness (QED) is 0.799. The number of methoxy groups -OCH3 is 1. The molecule has 2 aromatic carbocycles. The normalized spacial score (nSPS) is 14.6. The maximum atomic E-state index is 12.8. The van der Waals surface area contributed by atoms with Crippen LogP contribution in [0.3, 0.4) is 0 Å². The summed E-state index contributed by atoms with van der Waals surface area (Å²) in [6.07, 6.45) is 0. The Morgan fingerprint density at radius 1 is 1.18 bits per heavy atom. The number of rotatable bonds is 5. The van der Waals surface area contributed by atoms with E-state index in [2.05, 4.69) is 5.32 Å². The van der Waals surface area contributed by atoms with Crippen molar-refractivity contribution in [2.45, 2.75) is 6.92 Å². The summed E-state index contributed by atoms with van der Waals surface area (Å²) in [5, 5.41) is 3.37. The van der Waals surface area contributed by atoms with E-state index in [1.54, 1.807) is 25.3 Å². The van der Waals surface area contributed by atoms with Crippen molar-refractivity contribution >= 4 is 29.1 Å². The standard InChI is InChI=1S/C21H24ClN3O3/c1-15-7-8-16(13-19(15)28-2)21(27)25-11-9-24(10-12-25)14-20(26)23-18-6-4-3-5-17(18)22/h3-8,13H,9-12,14H2,1-2H3,(H,23,26)/p+1. The SMILES string of the molecule is COc1cc(C(=O)N2CC[NH+](CC(=O)Nc3ccccc3Cl)CC2)ccc1C. The number of aryl methyl sites for hydroxylation is 1. The van der Waals surface area contributed by atoms with Crippen LogP contribution >= 0.6 is 11.6 Å². The third-order valence-electron chi connectivity index (χ3n) is 4.97. The molecule has 3 rings (SSSR count). The number of halogens is 1. The van der Waals surface area contributed by atoms with Crippen LogP contribution in [0.4, 0.5) is 5.69 Å². The summed E-state index contributed by atoms with van der Waals surface area (Å²) in [5.41, 5.74) is 2.25. The molecule has 0 radical (unpaired) electrons. The van der Waals surface area contributed by atoms with Gasteiger partial charge in [0.15, 0.2) is 6.54 Å². The van der Waals surface area contributed by atoms with Gasteiger partial charge in [-0.05, 0) is 36.8 Å². The molecule has 0 saturated carbocycles. The van der Waals surface area contributed by atoms with Crippen LogP contribution in [-0.2, 0) is 4.79 Å². The van der Waals surface area contributed by atoms with Gasteiger partial charge in [0.25, 0.3) is 11.8 Å². The molecule has 0 bridgehead atoms. The van der Waals surface area contributed by atoms with E-state index in [4.69, 9.17) is 16.3 Å². The minimum absolute atomic E-state index is 0.00197. The number of carbonyl (C=O) groups excluding carboxylic acids is 2. The summed E-state index contributed by atoms with van der Waals surface area (Å²) in [7, 11) is 1.60. The molecule has 1 aliphatic heterocycles. The number of carbonyl (C=O) groups is 2. The number of hydrogen-bond acceptors (Lipinski definition) is 3. The number of piperazine rings is 1. The van der Waals surface area contributed by atoms with E-state index in [0.29, 0.717) is 41.7 Å². The fraction of sp³-hybridized carbons (Fsp3) is 0.333. The summed E-state index contributed by atoms with van der Waals surface area (Å²) >= 11 is 6.08. The largest absolute Gasteiger partial charge is 0.496 e. The smallest absolute Gasteiger partial charge is 0.279 e. The van der Waals surface area contributed by atoms with Crippen molar-refractivity contribution in [1.82, 2.24) is 4.90 Å². The van der Waals surface area contributed by atoms with Crippen LogP contribution in [0.15, 0.2) is 42.5 Å². The minimum atomic E-state index is -0.0776. The summed E-state index contributed by atoms with van der Waals surface area (Å²) < 4.78 is 5.31. The summed E-state index contributed by atoms with van der Waals surface area (Å²) in [6.45, 7) is 4.98. The maximum Gasteiger partial charge on any atom is 0.279 e. The van der Waals surface area contributed by atoms with E-state index in [0.717, 1.165) is 23.6 Å². The van der Waals surface area contributed by atoms with Crippen molar-refractivity contribution in [1.29, 1.82) is 0 Å². The predicted molar refractivity (Wildman–Crippen MR) is 109 cm³/mol. The molecule has 1 fully saturated rings. The highest BCUT2D eigenvalue weighted by molar-refractivity contribution is 6.33. The predicted octanol–water partition coefficient (Wildman–Crippen LogP) is 1.64. The number of quaternary nitrogens is 1. The molecule has 7 heteroatoms. The highest BCUT2D eigenvalue weighted by atomic mass is 35.5. The van der Waals surface area contributed by atoms with Crippen molar-refractivity contribution in [3.8, 4) is 5.75 Å². The molecule has 0 spiro atoms. The Morgan fingerprint density at radius 2 is 1.89 bits per heavy atom. The zero-order valence-corrected chi connectivity index (χ0v) is 16.9. The van der Waals surface area contributed by atoms with Gasteiger partial charge in [0, 0.05) is 5.56 Å². The van der Waals surface area contributed by atoms with Crippen LogP contribution < -0.4 is 15.0 Å². The molecule has 0 aliphatic carbocycles. The van der Waals surface area contributed by atoms with E-state index >= 15 is 0 Å². The first-order valence-corrected chi connectivity index (χ1v) is 9.67. The molecular formula is C21H25ClN3O3+. The van der Waals surface area contributed by atoms with Crippen LogP contribution in [-0.4, -0.2) is 56.5 Å². The third kappa shape index (κ3) is 4.82. The van der Waals surface area contributed by atoms with E-state index in [1.807, 2.05) is 36.1 Å². The van der Waals surface area contributed by atoms with Crippen LogP contribution in [0.25, 0.3) is 0 Å². The minimum Gasteiger partial charge on any atom is -0.496 e. The first-order chi connectivity index (χ1) is 13.5. The molecule has 2 amide bonds. The molecule has 0 aromatic heterocycles. The molecule has 1 saturated heterocycles. The van der Waals surface area contributed by atoms with Gasteiger partial charge in [0.05, 0.1) is 44.0 Å². The molecule has 2 N–H and O–H groups in total. The molecule has 6 nitrogen and oxygen atoms in total. The molecule has 1 aliphatic rings. The number of hydrogen-bond donors (Lipinski definition) is 2. The Bertz CT molecular complexity index is 864. The van der Waals surface area contributed by atoms with E-state index in [9.17, 15) is 9.59 Å². The number of amides is 2. The Balaban J connectivity index is 1.52. The first kappa shape index (κ1) is 20.2. The monoisotopic (exact) mass is 402 g/mol. The van der Waals surface area contributed by atoms with Gasteiger partial charge in [-0.2, -0.15) is 0 Å². The molecule has 28 heavy (non-hydrogen) atoms. The van der Waals surface area contributed by atoms with Crippen molar-refractivity contribution in [3.05, 3.63) is 58.6 Å². The van der Waals surface area contributed by atoms with Gasteiger partial charge in [-0.25, -0.2) is 0 Å². The molecule has 2 aromatic rings. The lowest BCUT2D eigenvalue weighted by molar-refractivity contribution is -0.895. The fourth-order valence-electron chi connectivity index (χ4n) is 3.32. The molecule has 0 unspecified atom stereocenters. The van der Waals surface area contributed by atoms with Crippen LogP contribution in [0, 0.1) is 6.92 Å². The van der Waals surface area contributed by atoms with Crippen molar-refractivity contribution in [2.75, 3.05) is 45.2 Å². The fourth-order valence-corrected chi connectivity index (χ4v) is 3.51. The van der Waals surface area contributed by atoms with Crippen LogP contribution in [0.5, 0.6) is 5.75 Å². The number of anilines is 1. The van der Waals surface area contributed by atoms with E-state index in [1.165, 1.54) is 0 Å². The Kier molecular flexibility index (Phi) is 6.54. The van der Waals surface area contributed by atoms with Crippen molar-refractivity contribution in [3.63, 3.8) is 0 Å². The third-order valence-corrected chi connectivity index (χ3v) is 5.30.